The first-order valence-corrected chi connectivity index (χ1v) is 12.0. The number of nitrogens with zero attached hydrogens (tertiary/aromatic N) is 3. The molecular weight excluding hydrogens is 479 g/mol. The van der Waals surface area contributed by atoms with Crippen molar-refractivity contribution in [2.45, 2.75) is 58.2 Å². The Bertz CT molecular complexity index is 1210. The molecule has 3 rings (SSSR count). The van der Waals surface area contributed by atoms with E-state index in [9.17, 15) is 18.0 Å². The summed E-state index contributed by atoms with van der Waals surface area (Å²) in [6, 6.07) is 7.60. The minimum absolute atomic E-state index is 0.0625. The molecule has 0 unspecified atom stereocenters. The SMILES string of the molecule is CC(C)(C)c1cn(CCCCCO)c(=NC(=O)c2cc(C(F)(F)F)ccc2Oc2ccccn2)s1. The molecule has 6 nitrogen and oxygen atoms in total. The molecule has 10 heteroatoms. The molecule has 2 heterocycles. The number of hydrogen-bond donors (Lipinski definition) is 1. The van der Waals surface area contributed by atoms with E-state index >= 15 is 0 Å². The van der Waals surface area contributed by atoms with Gasteiger partial charge in [-0.1, -0.05) is 26.8 Å². The number of unbranched alkanes of at least 4 members (excludes halogenated alkanes) is 2. The van der Waals surface area contributed by atoms with Gasteiger partial charge in [-0.25, -0.2) is 4.98 Å². The van der Waals surface area contributed by atoms with Gasteiger partial charge in [0.05, 0.1) is 11.1 Å². The van der Waals surface area contributed by atoms with Crippen LogP contribution in [0.25, 0.3) is 0 Å². The normalized spacial score (nSPS) is 12.7. The summed E-state index contributed by atoms with van der Waals surface area (Å²) < 4.78 is 47.7. The molecular formula is C25H28F3N3O3S. The molecule has 0 bridgehead atoms. The number of ether oxygens (including phenoxy) is 1. The second-order valence-corrected chi connectivity index (χ2v) is 10.0. The Morgan fingerprint density at radius 2 is 1.91 bits per heavy atom. The number of pyridine rings is 1. The predicted molar refractivity (Wildman–Crippen MR) is 128 cm³/mol. The zero-order valence-electron chi connectivity index (χ0n) is 19.8. The molecule has 0 spiro atoms. The van der Waals surface area contributed by atoms with Crippen LogP contribution in [0.5, 0.6) is 11.6 Å². The number of carbonyl (C=O) groups excluding carboxylic acids is 1. The van der Waals surface area contributed by atoms with Crippen LogP contribution in [0.4, 0.5) is 13.2 Å². The number of aliphatic hydroxyl groups excluding tert-OH is 1. The molecule has 0 aliphatic carbocycles. The number of halogens is 3. The van der Waals surface area contributed by atoms with E-state index in [1.165, 1.54) is 23.6 Å². The van der Waals surface area contributed by atoms with Crippen molar-refractivity contribution in [1.29, 1.82) is 0 Å². The van der Waals surface area contributed by atoms with Crippen molar-refractivity contribution >= 4 is 17.2 Å². The lowest BCUT2D eigenvalue weighted by Crippen LogP contribution is -2.17. The van der Waals surface area contributed by atoms with E-state index in [0.717, 1.165) is 35.9 Å². The summed E-state index contributed by atoms with van der Waals surface area (Å²) in [5, 5.41) is 9.02. The minimum atomic E-state index is -4.63. The Morgan fingerprint density at radius 3 is 2.54 bits per heavy atom. The number of benzene rings is 1. The van der Waals surface area contributed by atoms with Crippen molar-refractivity contribution < 1.29 is 27.8 Å². The fourth-order valence-electron chi connectivity index (χ4n) is 3.17. The van der Waals surface area contributed by atoms with E-state index in [4.69, 9.17) is 9.84 Å². The lowest BCUT2D eigenvalue weighted by atomic mass is 9.95. The number of carbonyl (C=O) groups is 1. The van der Waals surface area contributed by atoms with Gasteiger partial charge in [-0.15, -0.1) is 11.3 Å². The highest BCUT2D eigenvalue weighted by Gasteiger charge is 2.32. The highest BCUT2D eigenvalue weighted by molar-refractivity contribution is 7.09. The molecule has 35 heavy (non-hydrogen) atoms. The topological polar surface area (TPSA) is 76.7 Å². The number of aryl methyl sites for hydroxylation is 1. The summed E-state index contributed by atoms with van der Waals surface area (Å²) in [6.45, 7) is 6.77. The van der Waals surface area contributed by atoms with Gasteiger partial charge in [0.15, 0.2) is 4.80 Å². The lowest BCUT2D eigenvalue weighted by Gasteiger charge is -2.14. The Hall–Kier alpha value is -2.98. The highest BCUT2D eigenvalue weighted by atomic mass is 32.1. The van der Waals surface area contributed by atoms with Crippen LogP contribution in [-0.4, -0.2) is 27.2 Å². The number of hydrogen-bond acceptors (Lipinski definition) is 5. The van der Waals surface area contributed by atoms with Crippen molar-refractivity contribution in [3.63, 3.8) is 0 Å². The van der Waals surface area contributed by atoms with E-state index < -0.39 is 17.6 Å². The number of alkyl halides is 3. The van der Waals surface area contributed by atoms with Gasteiger partial charge in [-0.3, -0.25) is 4.79 Å². The molecule has 188 valence electrons. The zero-order chi connectivity index (χ0) is 25.6. The third kappa shape index (κ3) is 7.25. The number of aliphatic hydroxyl groups is 1. The van der Waals surface area contributed by atoms with E-state index in [0.29, 0.717) is 17.8 Å². The van der Waals surface area contributed by atoms with E-state index in [-0.39, 0.29) is 29.2 Å². The van der Waals surface area contributed by atoms with Crippen LogP contribution in [0, 0.1) is 0 Å². The van der Waals surface area contributed by atoms with Crippen LogP contribution in [0.15, 0.2) is 53.8 Å². The van der Waals surface area contributed by atoms with Crippen molar-refractivity contribution in [2.75, 3.05) is 6.61 Å². The maximum absolute atomic E-state index is 13.4. The summed E-state index contributed by atoms with van der Waals surface area (Å²) in [7, 11) is 0. The van der Waals surface area contributed by atoms with E-state index in [1.54, 1.807) is 12.1 Å². The Labute approximate surface area is 205 Å². The quantitative estimate of drug-likeness (QED) is 0.382. The average Bonchev–Trinajstić information content (AvgIpc) is 3.20. The van der Waals surface area contributed by atoms with E-state index in [2.05, 4.69) is 9.98 Å². The number of rotatable bonds is 8. The molecule has 3 aromatic rings. The van der Waals surface area contributed by atoms with Gasteiger partial charge >= 0.3 is 6.18 Å². The van der Waals surface area contributed by atoms with Crippen molar-refractivity contribution in [1.82, 2.24) is 9.55 Å². The molecule has 0 radical (unpaired) electrons. The van der Waals surface area contributed by atoms with Gasteiger partial charge in [-0.05, 0) is 48.9 Å². The second-order valence-electron chi connectivity index (χ2n) is 9.00. The monoisotopic (exact) mass is 507 g/mol. The molecule has 1 aromatic carbocycles. The van der Waals surface area contributed by atoms with Crippen LogP contribution in [0.1, 0.15) is 60.8 Å². The number of aromatic nitrogens is 2. The Kier molecular flexibility index (Phi) is 8.50. The summed E-state index contributed by atoms with van der Waals surface area (Å²) in [6.07, 6.45) is 0.999. The molecule has 1 N–H and O–H groups in total. The lowest BCUT2D eigenvalue weighted by molar-refractivity contribution is -0.137. The molecule has 0 saturated heterocycles. The standard InChI is InChI=1S/C25H28F3N3O3S/c1-24(2,3)20-16-31(13-7-4-8-14-32)23(35-20)30-22(33)18-15-17(25(26,27)28)10-11-19(18)34-21-9-5-6-12-29-21/h5-6,9-12,15-16,32H,4,7-8,13-14H2,1-3H3. The van der Waals surface area contributed by atoms with Crippen LogP contribution >= 0.6 is 11.3 Å². The zero-order valence-corrected chi connectivity index (χ0v) is 20.6. The molecule has 0 fully saturated rings. The summed E-state index contributed by atoms with van der Waals surface area (Å²) in [4.78, 5) is 22.8. The Morgan fingerprint density at radius 1 is 1.14 bits per heavy atom. The summed E-state index contributed by atoms with van der Waals surface area (Å²) in [5.41, 5.74) is -1.47. The second kappa shape index (κ2) is 11.2. The van der Waals surface area contributed by atoms with E-state index in [1.807, 2.05) is 31.5 Å². The molecule has 0 aliphatic rings. The summed E-state index contributed by atoms with van der Waals surface area (Å²) >= 11 is 1.32. The third-order valence-corrected chi connectivity index (χ3v) is 6.55. The molecule has 2 aromatic heterocycles. The van der Waals surface area contributed by atoms with Gasteiger partial charge in [0.1, 0.15) is 5.75 Å². The largest absolute Gasteiger partial charge is 0.438 e. The number of thiazole rings is 1. The van der Waals surface area contributed by atoms with Crippen molar-refractivity contribution in [2.24, 2.45) is 4.99 Å². The molecule has 1 amide bonds. The highest BCUT2D eigenvalue weighted by Crippen LogP contribution is 2.34. The predicted octanol–water partition coefficient (Wildman–Crippen LogP) is 5.96. The maximum atomic E-state index is 13.4. The molecule has 0 atom stereocenters. The average molecular weight is 508 g/mol. The smallest absolute Gasteiger partial charge is 0.416 e. The maximum Gasteiger partial charge on any atom is 0.416 e. The third-order valence-electron chi connectivity index (χ3n) is 5.10. The first kappa shape index (κ1) is 26.6. The van der Waals surface area contributed by atoms with Gasteiger partial charge in [0.2, 0.25) is 5.88 Å². The summed E-state index contributed by atoms with van der Waals surface area (Å²) in [5.74, 6) is -0.757. The fraction of sp³-hybridized carbons (Fsp3) is 0.400. The number of amides is 1. The van der Waals surface area contributed by atoms with Crippen LogP contribution < -0.4 is 9.54 Å². The first-order chi connectivity index (χ1) is 16.5. The van der Waals surface area contributed by atoms with Crippen molar-refractivity contribution in [3.05, 3.63) is 69.6 Å². The molecule has 0 saturated carbocycles. The van der Waals surface area contributed by atoms with Gasteiger partial charge in [0.25, 0.3) is 5.91 Å². The van der Waals surface area contributed by atoms with Crippen LogP contribution in [0.3, 0.4) is 0 Å². The minimum Gasteiger partial charge on any atom is -0.438 e. The fourth-order valence-corrected chi connectivity index (χ4v) is 4.25. The first-order valence-electron chi connectivity index (χ1n) is 11.2. The Balaban J connectivity index is 2.05. The van der Waals surface area contributed by atoms with Gasteiger partial charge in [0, 0.05) is 36.5 Å². The van der Waals surface area contributed by atoms with Gasteiger partial charge < -0.3 is 14.4 Å². The van der Waals surface area contributed by atoms with Gasteiger partial charge in [-0.2, -0.15) is 18.2 Å². The molecule has 0 aliphatic heterocycles. The van der Waals surface area contributed by atoms with Crippen LogP contribution in [0.2, 0.25) is 0 Å². The van der Waals surface area contributed by atoms with Crippen molar-refractivity contribution in [3.8, 4) is 11.6 Å². The van der Waals surface area contributed by atoms with Crippen LogP contribution in [-0.2, 0) is 18.1 Å².